The minimum atomic E-state index is -0.881. The molecule has 0 saturated carbocycles. The molecule has 0 spiro atoms. The first-order valence-electron chi connectivity index (χ1n) is 5.20. The molecule has 1 aromatic heterocycles. The third-order valence-corrected chi connectivity index (χ3v) is 3.31. The molecule has 5 heteroatoms. The molecule has 16 heavy (non-hydrogen) atoms. The second-order valence-electron chi connectivity index (χ2n) is 4.00. The van der Waals surface area contributed by atoms with Gasteiger partial charge in [-0.05, 0) is 17.4 Å². The molecule has 3 N–H and O–H groups in total. The van der Waals surface area contributed by atoms with Crippen LogP contribution in [-0.2, 0) is 4.79 Å². The van der Waals surface area contributed by atoms with Crippen LogP contribution in [0.4, 0.5) is 0 Å². The molecule has 90 valence electrons. The summed E-state index contributed by atoms with van der Waals surface area (Å²) in [5, 5.41) is 23.5. The molecule has 0 aliphatic heterocycles. The molecule has 1 aromatic rings. The predicted octanol–water partition coefficient (Wildman–Crippen LogP) is 1.48. The summed E-state index contributed by atoms with van der Waals surface area (Å²) in [6.07, 6.45) is -0.638. The lowest BCUT2D eigenvalue weighted by Crippen LogP contribution is -2.42. The van der Waals surface area contributed by atoms with Gasteiger partial charge in [-0.1, -0.05) is 19.9 Å². The summed E-state index contributed by atoms with van der Waals surface area (Å²) in [6, 6.07) is 3.08. The normalized spacial score (nSPS) is 15.0. The number of rotatable bonds is 6. The van der Waals surface area contributed by atoms with E-state index in [2.05, 4.69) is 5.32 Å². The maximum atomic E-state index is 10.9. The number of aliphatic hydroxyl groups excluding tert-OH is 1. The van der Waals surface area contributed by atoms with Crippen molar-refractivity contribution in [2.24, 2.45) is 5.92 Å². The van der Waals surface area contributed by atoms with Gasteiger partial charge in [-0.3, -0.25) is 4.79 Å². The van der Waals surface area contributed by atoms with E-state index in [-0.39, 0.29) is 12.5 Å². The zero-order chi connectivity index (χ0) is 12.1. The minimum Gasteiger partial charge on any atom is -0.480 e. The van der Waals surface area contributed by atoms with Crippen LogP contribution in [0.15, 0.2) is 17.5 Å². The number of hydrogen-bond donors (Lipinski definition) is 3. The van der Waals surface area contributed by atoms with Crippen molar-refractivity contribution >= 4 is 17.3 Å². The summed E-state index contributed by atoms with van der Waals surface area (Å²) in [6.45, 7) is 3.93. The molecule has 2 unspecified atom stereocenters. The first-order valence-corrected chi connectivity index (χ1v) is 6.08. The topological polar surface area (TPSA) is 69.6 Å². The van der Waals surface area contributed by atoms with Gasteiger partial charge in [0.2, 0.25) is 0 Å². The lowest BCUT2D eigenvalue weighted by Gasteiger charge is -2.19. The van der Waals surface area contributed by atoms with Crippen LogP contribution in [0.3, 0.4) is 0 Å². The van der Waals surface area contributed by atoms with Crippen LogP contribution in [0.2, 0.25) is 0 Å². The van der Waals surface area contributed by atoms with E-state index in [1.54, 1.807) is 0 Å². The standard InChI is InChI=1S/C11H17NO3S/c1-7(2)10(11(14)15)12-6-8(13)9-4-3-5-16-9/h3-5,7-8,10,12-13H,6H2,1-2H3,(H,14,15). The second kappa shape index (κ2) is 5.98. The molecule has 0 aliphatic rings. The highest BCUT2D eigenvalue weighted by Gasteiger charge is 2.22. The van der Waals surface area contributed by atoms with Crippen LogP contribution < -0.4 is 5.32 Å². The lowest BCUT2D eigenvalue weighted by molar-refractivity contribution is -0.140. The molecule has 0 aliphatic carbocycles. The number of carboxylic acid groups (broad SMARTS) is 1. The highest BCUT2D eigenvalue weighted by Crippen LogP contribution is 2.18. The summed E-state index contributed by atoms with van der Waals surface area (Å²) >= 11 is 1.46. The SMILES string of the molecule is CC(C)C(NCC(O)c1cccs1)C(=O)O. The van der Waals surface area contributed by atoms with Crippen molar-refractivity contribution in [3.63, 3.8) is 0 Å². The number of carboxylic acids is 1. The summed E-state index contributed by atoms with van der Waals surface area (Å²) < 4.78 is 0. The summed E-state index contributed by atoms with van der Waals surface area (Å²) in [5.41, 5.74) is 0. The van der Waals surface area contributed by atoms with Crippen LogP contribution in [0, 0.1) is 5.92 Å². The van der Waals surface area contributed by atoms with E-state index in [9.17, 15) is 9.90 Å². The number of thiophene rings is 1. The van der Waals surface area contributed by atoms with Crippen molar-refractivity contribution in [1.82, 2.24) is 5.32 Å². The number of carbonyl (C=O) groups is 1. The Morgan fingerprint density at radius 3 is 2.69 bits per heavy atom. The first kappa shape index (κ1) is 13.2. The number of nitrogens with one attached hydrogen (secondary N) is 1. The Bertz CT molecular complexity index is 324. The molecule has 0 amide bonds. The van der Waals surface area contributed by atoms with Gasteiger partial charge >= 0.3 is 5.97 Å². The first-order chi connectivity index (χ1) is 7.52. The van der Waals surface area contributed by atoms with E-state index in [0.717, 1.165) is 4.88 Å². The Kier molecular flexibility index (Phi) is 4.92. The van der Waals surface area contributed by atoms with Crippen molar-refractivity contribution in [3.8, 4) is 0 Å². The van der Waals surface area contributed by atoms with E-state index < -0.39 is 18.1 Å². The van der Waals surface area contributed by atoms with Crippen LogP contribution in [0.25, 0.3) is 0 Å². The highest BCUT2D eigenvalue weighted by atomic mass is 32.1. The second-order valence-corrected chi connectivity index (χ2v) is 4.98. The summed E-state index contributed by atoms with van der Waals surface area (Å²) in [5.74, 6) is -0.888. The maximum Gasteiger partial charge on any atom is 0.320 e. The quantitative estimate of drug-likeness (QED) is 0.708. The number of aliphatic carboxylic acids is 1. The maximum absolute atomic E-state index is 10.9. The van der Waals surface area contributed by atoms with Gasteiger partial charge < -0.3 is 15.5 Å². The van der Waals surface area contributed by atoms with E-state index in [1.807, 2.05) is 31.4 Å². The minimum absolute atomic E-state index is 0.00645. The summed E-state index contributed by atoms with van der Waals surface area (Å²) in [7, 11) is 0. The molecule has 0 fully saturated rings. The molecular formula is C11H17NO3S. The zero-order valence-corrected chi connectivity index (χ0v) is 10.2. The molecule has 2 atom stereocenters. The Balaban J connectivity index is 2.46. The van der Waals surface area contributed by atoms with Crippen molar-refractivity contribution in [3.05, 3.63) is 22.4 Å². The fourth-order valence-corrected chi connectivity index (χ4v) is 2.14. The van der Waals surface area contributed by atoms with Gasteiger partial charge in [0.15, 0.2) is 0 Å². The Morgan fingerprint density at radius 2 is 2.25 bits per heavy atom. The van der Waals surface area contributed by atoms with E-state index in [4.69, 9.17) is 5.11 Å². The monoisotopic (exact) mass is 243 g/mol. The molecule has 0 bridgehead atoms. The Morgan fingerprint density at radius 1 is 1.56 bits per heavy atom. The van der Waals surface area contributed by atoms with Gasteiger partial charge in [0, 0.05) is 11.4 Å². The van der Waals surface area contributed by atoms with E-state index in [1.165, 1.54) is 11.3 Å². The summed E-state index contributed by atoms with van der Waals surface area (Å²) in [4.78, 5) is 11.7. The molecule has 1 heterocycles. The smallest absolute Gasteiger partial charge is 0.320 e. The average Bonchev–Trinajstić information content (AvgIpc) is 2.69. The van der Waals surface area contributed by atoms with Gasteiger partial charge in [0.1, 0.15) is 12.1 Å². The van der Waals surface area contributed by atoms with E-state index >= 15 is 0 Å². The third-order valence-electron chi connectivity index (χ3n) is 2.34. The molecular weight excluding hydrogens is 226 g/mol. The van der Waals surface area contributed by atoms with Gasteiger partial charge in [-0.25, -0.2) is 0 Å². The molecule has 4 nitrogen and oxygen atoms in total. The van der Waals surface area contributed by atoms with Crippen molar-refractivity contribution in [2.75, 3.05) is 6.54 Å². The van der Waals surface area contributed by atoms with Crippen LogP contribution >= 0.6 is 11.3 Å². The Labute approximate surface area is 98.9 Å². The molecule has 0 aromatic carbocycles. The number of aliphatic hydroxyl groups is 1. The lowest BCUT2D eigenvalue weighted by atomic mass is 10.0. The van der Waals surface area contributed by atoms with Crippen molar-refractivity contribution in [1.29, 1.82) is 0 Å². The largest absolute Gasteiger partial charge is 0.480 e. The fraction of sp³-hybridized carbons (Fsp3) is 0.545. The highest BCUT2D eigenvalue weighted by molar-refractivity contribution is 7.10. The fourth-order valence-electron chi connectivity index (χ4n) is 1.43. The zero-order valence-electron chi connectivity index (χ0n) is 9.38. The molecule has 0 radical (unpaired) electrons. The molecule has 0 saturated heterocycles. The van der Waals surface area contributed by atoms with Gasteiger partial charge in [0.05, 0.1) is 0 Å². The van der Waals surface area contributed by atoms with Crippen molar-refractivity contribution < 1.29 is 15.0 Å². The third kappa shape index (κ3) is 3.59. The van der Waals surface area contributed by atoms with Crippen LogP contribution in [0.1, 0.15) is 24.8 Å². The van der Waals surface area contributed by atoms with Crippen molar-refractivity contribution in [2.45, 2.75) is 26.0 Å². The number of hydrogen-bond acceptors (Lipinski definition) is 4. The molecule has 1 rings (SSSR count). The Hall–Kier alpha value is -0.910. The van der Waals surface area contributed by atoms with Gasteiger partial charge in [0.25, 0.3) is 0 Å². The van der Waals surface area contributed by atoms with E-state index in [0.29, 0.717) is 0 Å². The predicted molar refractivity (Wildman–Crippen MR) is 63.5 cm³/mol. The average molecular weight is 243 g/mol. The van der Waals surface area contributed by atoms with Crippen LogP contribution in [0.5, 0.6) is 0 Å². The van der Waals surface area contributed by atoms with Gasteiger partial charge in [-0.2, -0.15) is 0 Å². The van der Waals surface area contributed by atoms with Gasteiger partial charge in [-0.15, -0.1) is 11.3 Å². The van der Waals surface area contributed by atoms with Crippen LogP contribution in [-0.4, -0.2) is 28.8 Å².